The van der Waals surface area contributed by atoms with Gasteiger partial charge in [0.15, 0.2) is 12.4 Å². The predicted octanol–water partition coefficient (Wildman–Crippen LogP) is 5.48. The number of carbonyl (C=O) groups excluding carboxylic acids is 1. The van der Waals surface area contributed by atoms with Gasteiger partial charge in [0.2, 0.25) is 0 Å². The summed E-state index contributed by atoms with van der Waals surface area (Å²) < 4.78 is 6.74. The van der Waals surface area contributed by atoms with Crippen LogP contribution in [-0.4, -0.2) is 12.4 Å². The van der Waals surface area contributed by atoms with Gasteiger partial charge < -0.3 is 4.74 Å². The van der Waals surface area contributed by atoms with E-state index in [-0.39, 0.29) is 12.4 Å². The number of fused-ring (bicyclic) bond motifs is 1. The second-order valence-electron chi connectivity index (χ2n) is 5.68. The second kappa shape index (κ2) is 6.55. The molecular formula is C20H17BrO2. The summed E-state index contributed by atoms with van der Waals surface area (Å²) in [6.45, 7) is 3.98. The minimum atomic E-state index is 0.00195. The lowest BCUT2D eigenvalue weighted by molar-refractivity contribution is 0.0921. The second-order valence-corrected chi connectivity index (χ2v) is 6.60. The molecule has 0 amide bonds. The van der Waals surface area contributed by atoms with Gasteiger partial charge in [0.05, 0.1) is 0 Å². The highest BCUT2D eigenvalue weighted by molar-refractivity contribution is 9.10. The Bertz CT molecular complexity index is 884. The highest BCUT2D eigenvalue weighted by Gasteiger charge is 2.10. The molecule has 0 bridgehead atoms. The van der Waals surface area contributed by atoms with Crippen LogP contribution in [-0.2, 0) is 0 Å². The molecule has 0 unspecified atom stereocenters. The van der Waals surface area contributed by atoms with E-state index in [0.717, 1.165) is 31.9 Å². The molecule has 23 heavy (non-hydrogen) atoms. The maximum Gasteiger partial charge on any atom is 0.200 e. The first-order valence-corrected chi connectivity index (χ1v) is 8.25. The number of hydrogen-bond acceptors (Lipinski definition) is 2. The molecule has 3 aromatic rings. The van der Waals surface area contributed by atoms with E-state index in [1.807, 2.05) is 62.4 Å². The minimum absolute atomic E-state index is 0.00195. The number of halogens is 1. The maximum absolute atomic E-state index is 12.4. The van der Waals surface area contributed by atoms with E-state index in [9.17, 15) is 4.79 Å². The third-order valence-electron chi connectivity index (χ3n) is 3.84. The number of carbonyl (C=O) groups is 1. The molecule has 0 aliphatic heterocycles. The Morgan fingerprint density at radius 2 is 1.70 bits per heavy atom. The van der Waals surface area contributed by atoms with Gasteiger partial charge in [-0.2, -0.15) is 0 Å². The number of Topliss-reactive ketones (excluding diaryl/α,β-unsaturated/α-hetero) is 1. The van der Waals surface area contributed by atoms with Gasteiger partial charge >= 0.3 is 0 Å². The molecule has 2 nitrogen and oxygen atoms in total. The Labute approximate surface area is 144 Å². The first-order valence-electron chi connectivity index (χ1n) is 7.45. The van der Waals surface area contributed by atoms with Gasteiger partial charge in [-0.25, -0.2) is 0 Å². The zero-order valence-electron chi connectivity index (χ0n) is 13.1. The molecule has 0 saturated carbocycles. The summed E-state index contributed by atoms with van der Waals surface area (Å²) in [4.78, 5) is 12.4. The predicted molar refractivity (Wildman–Crippen MR) is 97.4 cm³/mol. The quantitative estimate of drug-likeness (QED) is 0.569. The number of hydrogen-bond donors (Lipinski definition) is 0. The SMILES string of the molecule is Cc1ccc(C)c(C(=O)COc2ccc3cc(Br)ccc3c2)c1. The van der Waals surface area contributed by atoms with Crippen molar-refractivity contribution >= 4 is 32.5 Å². The van der Waals surface area contributed by atoms with Crippen molar-refractivity contribution in [3.63, 3.8) is 0 Å². The van der Waals surface area contributed by atoms with Crippen LogP contribution < -0.4 is 4.74 Å². The Balaban J connectivity index is 1.76. The molecule has 0 atom stereocenters. The standard InChI is InChI=1S/C20H17BrO2/c1-13-3-4-14(2)19(9-13)20(22)12-23-18-8-6-15-10-17(21)7-5-16(15)11-18/h3-11H,12H2,1-2H3. The molecule has 0 radical (unpaired) electrons. The van der Waals surface area contributed by atoms with Crippen molar-refractivity contribution in [1.82, 2.24) is 0 Å². The molecule has 0 aromatic heterocycles. The van der Waals surface area contributed by atoms with E-state index in [4.69, 9.17) is 4.74 Å². The average Bonchev–Trinajstić information content (AvgIpc) is 2.54. The van der Waals surface area contributed by atoms with E-state index in [1.54, 1.807) is 0 Å². The number of benzene rings is 3. The highest BCUT2D eigenvalue weighted by Crippen LogP contribution is 2.24. The molecule has 0 N–H and O–H groups in total. The van der Waals surface area contributed by atoms with Crippen LogP contribution in [0.25, 0.3) is 10.8 Å². The number of ether oxygens (including phenoxy) is 1. The van der Waals surface area contributed by atoms with Crippen molar-refractivity contribution < 1.29 is 9.53 Å². The summed E-state index contributed by atoms with van der Waals surface area (Å²) in [6.07, 6.45) is 0. The summed E-state index contributed by atoms with van der Waals surface area (Å²) >= 11 is 3.46. The van der Waals surface area contributed by atoms with E-state index >= 15 is 0 Å². The van der Waals surface area contributed by atoms with E-state index in [0.29, 0.717) is 5.75 Å². The van der Waals surface area contributed by atoms with Crippen LogP contribution in [0.15, 0.2) is 59.1 Å². The Morgan fingerprint density at radius 1 is 0.957 bits per heavy atom. The highest BCUT2D eigenvalue weighted by atomic mass is 79.9. The lowest BCUT2D eigenvalue weighted by atomic mass is 10.0. The summed E-state index contributed by atoms with van der Waals surface area (Å²) in [6, 6.07) is 17.8. The molecule has 3 aromatic carbocycles. The van der Waals surface area contributed by atoms with Gasteiger partial charge in [0, 0.05) is 10.0 Å². The Kier molecular flexibility index (Phi) is 4.49. The van der Waals surface area contributed by atoms with Crippen LogP contribution in [0.4, 0.5) is 0 Å². The normalized spacial score (nSPS) is 10.7. The largest absolute Gasteiger partial charge is 0.485 e. The molecule has 0 saturated heterocycles. The summed E-state index contributed by atoms with van der Waals surface area (Å²) in [5, 5.41) is 2.22. The van der Waals surface area contributed by atoms with E-state index in [2.05, 4.69) is 22.0 Å². The van der Waals surface area contributed by atoms with Crippen molar-refractivity contribution in [2.45, 2.75) is 13.8 Å². The fourth-order valence-corrected chi connectivity index (χ4v) is 2.93. The van der Waals surface area contributed by atoms with Crippen LogP contribution in [0.3, 0.4) is 0 Å². The molecule has 3 rings (SSSR count). The van der Waals surface area contributed by atoms with Crippen molar-refractivity contribution in [2.75, 3.05) is 6.61 Å². The van der Waals surface area contributed by atoms with Crippen LogP contribution in [0.5, 0.6) is 5.75 Å². The van der Waals surface area contributed by atoms with Crippen LogP contribution in [0, 0.1) is 13.8 Å². The zero-order valence-corrected chi connectivity index (χ0v) is 14.7. The smallest absolute Gasteiger partial charge is 0.200 e. The number of aryl methyl sites for hydroxylation is 2. The average molecular weight is 369 g/mol. The van der Waals surface area contributed by atoms with Gasteiger partial charge in [0.25, 0.3) is 0 Å². The fraction of sp³-hybridized carbons (Fsp3) is 0.150. The van der Waals surface area contributed by atoms with Crippen LogP contribution in [0.1, 0.15) is 21.5 Å². The van der Waals surface area contributed by atoms with Crippen LogP contribution >= 0.6 is 15.9 Å². The fourth-order valence-electron chi connectivity index (χ4n) is 2.55. The van der Waals surface area contributed by atoms with Crippen molar-refractivity contribution in [3.05, 3.63) is 75.8 Å². The molecule has 116 valence electrons. The molecule has 0 aliphatic carbocycles. The third-order valence-corrected chi connectivity index (χ3v) is 4.33. The minimum Gasteiger partial charge on any atom is -0.485 e. The van der Waals surface area contributed by atoms with E-state index < -0.39 is 0 Å². The summed E-state index contributed by atoms with van der Waals surface area (Å²) in [5.74, 6) is 0.709. The Morgan fingerprint density at radius 3 is 2.52 bits per heavy atom. The monoisotopic (exact) mass is 368 g/mol. The van der Waals surface area contributed by atoms with Gasteiger partial charge in [0.1, 0.15) is 5.75 Å². The van der Waals surface area contributed by atoms with Gasteiger partial charge in [-0.1, -0.05) is 45.8 Å². The van der Waals surface area contributed by atoms with Crippen LogP contribution in [0.2, 0.25) is 0 Å². The molecule has 0 heterocycles. The molecule has 0 aliphatic rings. The zero-order chi connectivity index (χ0) is 16.4. The van der Waals surface area contributed by atoms with Crippen molar-refractivity contribution in [2.24, 2.45) is 0 Å². The van der Waals surface area contributed by atoms with Crippen molar-refractivity contribution in [3.8, 4) is 5.75 Å². The van der Waals surface area contributed by atoms with Crippen molar-refractivity contribution in [1.29, 1.82) is 0 Å². The lowest BCUT2D eigenvalue weighted by Gasteiger charge is -2.09. The van der Waals surface area contributed by atoms with E-state index in [1.165, 1.54) is 0 Å². The van der Waals surface area contributed by atoms with Gasteiger partial charge in [-0.3, -0.25) is 4.79 Å². The topological polar surface area (TPSA) is 26.3 Å². The Hall–Kier alpha value is -2.13. The maximum atomic E-state index is 12.4. The summed E-state index contributed by atoms with van der Waals surface area (Å²) in [5.41, 5.74) is 2.79. The first kappa shape index (κ1) is 15.8. The molecule has 3 heteroatoms. The number of rotatable bonds is 4. The van der Waals surface area contributed by atoms with Gasteiger partial charge in [-0.15, -0.1) is 0 Å². The lowest BCUT2D eigenvalue weighted by Crippen LogP contribution is -2.13. The first-order chi connectivity index (χ1) is 11.0. The molecule has 0 spiro atoms. The molecular weight excluding hydrogens is 352 g/mol. The number of ketones is 1. The van der Waals surface area contributed by atoms with Gasteiger partial charge in [-0.05, 0) is 60.5 Å². The third kappa shape index (κ3) is 3.62. The summed E-state index contributed by atoms with van der Waals surface area (Å²) in [7, 11) is 0. The molecule has 0 fully saturated rings.